The van der Waals surface area contributed by atoms with E-state index < -0.39 is 5.82 Å². The van der Waals surface area contributed by atoms with Crippen molar-refractivity contribution in [2.24, 2.45) is 0 Å². The number of nitrogens with one attached hydrogen (secondary N) is 1. The van der Waals surface area contributed by atoms with Crippen LogP contribution in [-0.2, 0) is 11.3 Å². The monoisotopic (exact) mass is 281 g/mol. The summed E-state index contributed by atoms with van der Waals surface area (Å²) in [6, 6.07) is 13.8. The molecule has 0 fully saturated rings. The van der Waals surface area contributed by atoms with Crippen molar-refractivity contribution in [1.82, 2.24) is 0 Å². The summed E-state index contributed by atoms with van der Waals surface area (Å²) in [4.78, 5) is 13.6. The van der Waals surface area contributed by atoms with E-state index in [9.17, 15) is 9.18 Å². The number of carbonyl (C=O) groups is 1. The van der Waals surface area contributed by atoms with Gasteiger partial charge in [0.15, 0.2) is 0 Å². The van der Waals surface area contributed by atoms with Crippen molar-refractivity contribution in [3.63, 3.8) is 0 Å². The van der Waals surface area contributed by atoms with E-state index in [-0.39, 0.29) is 18.0 Å². The van der Waals surface area contributed by atoms with Crippen LogP contribution >= 0.6 is 0 Å². The number of halogens is 1. The normalized spacial score (nSPS) is 13.3. The SMILES string of the molecule is N#Cc1cc(CN2CC(=O)Nc3ccccc32)ccc1F. The van der Waals surface area contributed by atoms with E-state index in [1.54, 1.807) is 6.07 Å². The molecule has 0 aromatic heterocycles. The largest absolute Gasteiger partial charge is 0.356 e. The Morgan fingerprint density at radius 1 is 1.29 bits per heavy atom. The first-order valence-corrected chi connectivity index (χ1v) is 6.50. The van der Waals surface area contributed by atoms with Crippen molar-refractivity contribution in [3.05, 3.63) is 59.4 Å². The molecule has 3 rings (SSSR count). The van der Waals surface area contributed by atoms with Crippen molar-refractivity contribution in [3.8, 4) is 6.07 Å². The van der Waals surface area contributed by atoms with Crippen LogP contribution in [0, 0.1) is 17.1 Å². The van der Waals surface area contributed by atoms with Crippen LogP contribution in [0.25, 0.3) is 0 Å². The highest BCUT2D eigenvalue weighted by atomic mass is 19.1. The maximum absolute atomic E-state index is 13.3. The fraction of sp³-hybridized carbons (Fsp3) is 0.125. The minimum atomic E-state index is -0.530. The molecule has 104 valence electrons. The van der Waals surface area contributed by atoms with Gasteiger partial charge in [-0.3, -0.25) is 4.79 Å². The highest BCUT2D eigenvalue weighted by molar-refractivity contribution is 6.01. The van der Waals surface area contributed by atoms with Gasteiger partial charge < -0.3 is 10.2 Å². The number of anilines is 2. The summed E-state index contributed by atoms with van der Waals surface area (Å²) in [7, 11) is 0. The molecule has 1 aliphatic heterocycles. The molecule has 21 heavy (non-hydrogen) atoms. The molecule has 0 saturated heterocycles. The van der Waals surface area contributed by atoms with Crippen LogP contribution in [-0.4, -0.2) is 12.5 Å². The maximum Gasteiger partial charge on any atom is 0.243 e. The Kier molecular flexibility index (Phi) is 3.28. The summed E-state index contributed by atoms with van der Waals surface area (Å²) in [6.45, 7) is 0.676. The zero-order valence-corrected chi connectivity index (χ0v) is 11.1. The summed E-state index contributed by atoms with van der Waals surface area (Å²) < 4.78 is 13.3. The smallest absolute Gasteiger partial charge is 0.243 e. The van der Waals surface area contributed by atoms with Gasteiger partial charge in [0.2, 0.25) is 5.91 Å². The van der Waals surface area contributed by atoms with Crippen LogP contribution in [0.3, 0.4) is 0 Å². The van der Waals surface area contributed by atoms with Crippen LogP contribution in [0.2, 0.25) is 0 Å². The molecule has 1 N–H and O–H groups in total. The molecule has 1 aliphatic rings. The summed E-state index contributed by atoms with van der Waals surface area (Å²) in [6.07, 6.45) is 0. The highest BCUT2D eigenvalue weighted by Crippen LogP contribution is 2.30. The predicted molar refractivity (Wildman–Crippen MR) is 77.2 cm³/mol. The van der Waals surface area contributed by atoms with Gasteiger partial charge >= 0.3 is 0 Å². The number of benzene rings is 2. The van der Waals surface area contributed by atoms with Gasteiger partial charge in [0.1, 0.15) is 11.9 Å². The molecule has 0 saturated carbocycles. The van der Waals surface area contributed by atoms with Crippen molar-refractivity contribution < 1.29 is 9.18 Å². The standard InChI is InChI=1S/C16H12FN3O/c17-13-6-5-11(7-12(13)8-18)9-20-10-16(21)19-14-3-1-2-4-15(14)20/h1-7H,9-10H2,(H,19,21). The molecule has 0 aliphatic carbocycles. The van der Waals surface area contributed by atoms with Gasteiger partial charge in [-0.2, -0.15) is 5.26 Å². The van der Waals surface area contributed by atoms with Crippen molar-refractivity contribution in [1.29, 1.82) is 5.26 Å². The summed E-state index contributed by atoms with van der Waals surface area (Å²) in [5.41, 5.74) is 2.48. The van der Waals surface area contributed by atoms with Gasteiger partial charge in [0.05, 0.1) is 23.5 Å². The van der Waals surface area contributed by atoms with E-state index in [0.29, 0.717) is 6.54 Å². The molecule has 1 heterocycles. The van der Waals surface area contributed by atoms with Crippen LogP contribution in [0.1, 0.15) is 11.1 Å². The van der Waals surface area contributed by atoms with E-state index >= 15 is 0 Å². The number of fused-ring (bicyclic) bond motifs is 1. The zero-order valence-electron chi connectivity index (χ0n) is 11.1. The average molecular weight is 281 g/mol. The number of para-hydroxylation sites is 2. The van der Waals surface area contributed by atoms with E-state index in [1.165, 1.54) is 12.1 Å². The number of amides is 1. The summed E-state index contributed by atoms with van der Waals surface area (Å²) >= 11 is 0. The van der Waals surface area contributed by atoms with Crippen molar-refractivity contribution in [2.75, 3.05) is 16.8 Å². The Morgan fingerprint density at radius 3 is 2.90 bits per heavy atom. The molecule has 4 nitrogen and oxygen atoms in total. The minimum Gasteiger partial charge on any atom is -0.356 e. The third kappa shape index (κ3) is 2.56. The second-order valence-corrected chi connectivity index (χ2v) is 4.85. The zero-order chi connectivity index (χ0) is 14.8. The van der Waals surface area contributed by atoms with Gasteiger partial charge in [-0.15, -0.1) is 0 Å². The Morgan fingerprint density at radius 2 is 2.10 bits per heavy atom. The lowest BCUT2D eigenvalue weighted by Gasteiger charge is -2.30. The third-order valence-electron chi connectivity index (χ3n) is 3.38. The third-order valence-corrected chi connectivity index (χ3v) is 3.38. The van der Waals surface area contributed by atoms with Crippen LogP contribution in [0.4, 0.5) is 15.8 Å². The predicted octanol–water partition coefficient (Wildman–Crippen LogP) is 2.66. The minimum absolute atomic E-state index is 0.0160. The Hall–Kier alpha value is -2.87. The van der Waals surface area contributed by atoms with Gasteiger partial charge in [0.25, 0.3) is 0 Å². The first-order valence-electron chi connectivity index (χ1n) is 6.50. The van der Waals surface area contributed by atoms with E-state index in [4.69, 9.17) is 5.26 Å². The number of nitrogens with zero attached hydrogens (tertiary/aromatic N) is 2. The van der Waals surface area contributed by atoms with E-state index in [2.05, 4.69) is 5.32 Å². The first-order chi connectivity index (χ1) is 10.2. The maximum atomic E-state index is 13.3. The molecule has 0 bridgehead atoms. The summed E-state index contributed by atoms with van der Waals surface area (Å²) in [5, 5.41) is 11.7. The average Bonchev–Trinajstić information content (AvgIpc) is 2.49. The van der Waals surface area contributed by atoms with Crippen LogP contribution < -0.4 is 10.2 Å². The van der Waals surface area contributed by atoms with Crippen LogP contribution in [0.5, 0.6) is 0 Å². The topological polar surface area (TPSA) is 56.1 Å². The molecular formula is C16H12FN3O. The molecule has 2 aromatic carbocycles. The lowest BCUT2D eigenvalue weighted by molar-refractivity contribution is -0.115. The van der Waals surface area contributed by atoms with Crippen molar-refractivity contribution >= 4 is 17.3 Å². The Labute approximate surface area is 121 Å². The van der Waals surface area contributed by atoms with Gasteiger partial charge in [0, 0.05) is 6.54 Å². The lowest BCUT2D eigenvalue weighted by Crippen LogP contribution is -2.37. The second kappa shape index (κ2) is 5.25. The molecule has 2 aromatic rings. The number of carbonyl (C=O) groups excluding carboxylic acids is 1. The Balaban J connectivity index is 1.92. The number of hydrogen-bond acceptors (Lipinski definition) is 3. The molecule has 0 spiro atoms. The molecule has 1 amide bonds. The molecule has 0 unspecified atom stereocenters. The van der Waals surface area contributed by atoms with Gasteiger partial charge in [-0.05, 0) is 29.8 Å². The fourth-order valence-corrected chi connectivity index (χ4v) is 2.42. The van der Waals surface area contributed by atoms with Gasteiger partial charge in [-0.1, -0.05) is 18.2 Å². The van der Waals surface area contributed by atoms with Gasteiger partial charge in [-0.25, -0.2) is 4.39 Å². The molecule has 0 radical (unpaired) electrons. The number of hydrogen-bond donors (Lipinski definition) is 1. The quantitative estimate of drug-likeness (QED) is 0.920. The fourth-order valence-electron chi connectivity index (χ4n) is 2.42. The second-order valence-electron chi connectivity index (χ2n) is 4.85. The van der Waals surface area contributed by atoms with Crippen LogP contribution in [0.15, 0.2) is 42.5 Å². The molecular weight excluding hydrogens is 269 g/mol. The lowest BCUT2D eigenvalue weighted by atomic mass is 10.1. The van der Waals surface area contributed by atoms with E-state index in [1.807, 2.05) is 35.2 Å². The van der Waals surface area contributed by atoms with Crippen molar-refractivity contribution in [2.45, 2.75) is 6.54 Å². The number of nitriles is 1. The number of rotatable bonds is 2. The summed E-state index contributed by atoms with van der Waals surface area (Å²) in [5.74, 6) is -0.616. The van der Waals surface area contributed by atoms with E-state index in [0.717, 1.165) is 16.9 Å². The highest BCUT2D eigenvalue weighted by Gasteiger charge is 2.21. The molecule has 0 atom stereocenters. The Bertz CT molecular complexity index is 751. The molecule has 5 heteroatoms. The first kappa shape index (κ1) is 13.1.